The van der Waals surface area contributed by atoms with E-state index in [0.717, 1.165) is 28.7 Å². The van der Waals surface area contributed by atoms with E-state index in [1.807, 2.05) is 6.07 Å². The zero-order chi connectivity index (χ0) is 12.4. The predicted octanol–water partition coefficient (Wildman–Crippen LogP) is 3.65. The van der Waals surface area contributed by atoms with Gasteiger partial charge in [-0.15, -0.1) is 0 Å². The van der Waals surface area contributed by atoms with E-state index in [-0.39, 0.29) is 0 Å². The summed E-state index contributed by atoms with van der Waals surface area (Å²) < 4.78 is 1.01. The fourth-order valence-electron chi connectivity index (χ4n) is 2.15. The van der Waals surface area contributed by atoms with Crippen molar-refractivity contribution in [1.82, 2.24) is 4.90 Å². The van der Waals surface area contributed by atoms with Crippen LogP contribution in [0.5, 0.6) is 0 Å². The molecule has 0 unspecified atom stereocenters. The number of benzene rings is 1. The molecular weight excluding hydrogens is 276 g/mol. The second-order valence-electron chi connectivity index (χ2n) is 5.41. The van der Waals surface area contributed by atoms with Gasteiger partial charge in [0, 0.05) is 29.3 Å². The van der Waals surface area contributed by atoms with Gasteiger partial charge in [-0.2, -0.15) is 0 Å². The number of anilines is 1. The summed E-state index contributed by atoms with van der Waals surface area (Å²) in [6, 6.07) is 7.08. The summed E-state index contributed by atoms with van der Waals surface area (Å²) in [7, 11) is 0. The number of nitrogen functional groups attached to an aromatic ring is 1. The summed E-state index contributed by atoms with van der Waals surface area (Å²) >= 11 is 3.50. The quantitative estimate of drug-likeness (QED) is 0.841. The molecule has 2 N–H and O–H groups in total. The van der Waals surface area contributed by atoms with Gasteiger partial charge in [-0.1, -0.05) is 19.9 Å². The van der Waals surface area contributed by atoms with E-state index in [1.54, 1.807) is 0 Å². The summed E-state index contributed by atoms with van der Waals surface area (Å²) in [6.45, 7) is 6.80. The minimum Gasteiger partial charge on any atom is -0.398 e. The molecule has 0 aliphatic heterocycles. The van der Waals surface area contributed by atoms with Crippen molar-refractivity contribution in [2.24, 2.45) is 5.92 Å². The molecule has 0 radical (unpaired) electrons. The SMILES string of the molecule is CC(C)CN(Cc1ccc(N)c(Br)c1)C1CC1. The van der Waals surface area contributed by atoms with Crippen LogP contribution in [0.4, 0.5) is 5.69 Å². The summed E-state index contributed by atoms with van der Waals surface area (Å²) in [5, 5.41) is 0. The summed E-state index contributed by atoms with van der Waals surface area (Å²) in [5.41, 5.74) is 7.97. The van der Waals surface area contributed by atoms with Gasteiger partial charge < -0.3 is 5.73 Å². The van der Waals surface area contributed by atoms with Crippen LogP contribution in [-0.4, -0.2) is 17.5 Å². The Hall–Kier alpha value is -0.540. The van der Waals surface area contributed by atoms with Crippen LogP contribution < -0.4 is 5.73 Å². The Balaban J connectivity index is 2.03. The van der Waals surface area contributed by atoms with Crippen molar-refractivity contribution in [2.45, 2.75) is 39.3 Å². The molecule has 1 fully saturated rings. The van der Waals surface area contributed by atoms with Crippen LogP contribution in [-0.2, 0) is 6.54 Å². The number of nitrogens with two attached hydrogens (primary N) is 1. The molecule has 1 saturated carbocycles. The molecule has 2 rings (SSSR count). The Bertz CT molecular complexity index is 386. The van der Waals surface area contributed by atoms with Crippen LogP contribution in [0, 0.1) is 5.92 Å². The van der Waals surface area contributed by atoms with Crippen molar-refractivity contribution < 1.29 is 0 Å². The number of nitrogens with zero attached hydrogens (tertiary/aromatic N) is 1. The normalized spacial score (nSPS) is 15.8. The molecular formula is C14H21BrN2. The average molecular weight is 297 g/mol. The van der Waals surface area contributed by atoms with E-state index in [4.69, 9.17) is 5.73 Å². The van der Waals surface area contributed by atoms with Gasteiger partial charge in [0.25, 0.3) is 0 Å². The van der Waals surface area contributed by atoms with Gasteiger partial charge in [0.2, 0.25) is 0 Å². The minimum absolute atomic E-state index is 0.729. The molecule has 1 aromatic rings. The zero-order valence-corrected chi connectivity index (χ0v) is 12.2. The zero-order valence-electron chi connectivity index (χ0n) is 10.6. The molecule has 1 aliphatic rings. The number of hydrogen-bond donors (Lipinski definition) is 1. The highest BCUT2D eigenvalue weighted by Gasteiger charge is 2.29. The van der Waals surface area contributed by atoms with Gasteiger partial charge in [0.1, 0.15) is 0 Å². The molecule has 0 saturated heterocycles. The highest BCUT2D eigenvalue weighted by atomic mass is 79.9. The molecule has 0 spiro atoms. The molecule has 0 atom stereocenters. The fourth-order valence-corrected chi connectivity index (χ4v) is 2.58. The smallest absolute Gasteiger partial charge is 0.0458 e. The average Bonchev–Trinajstić information content (AvgIpc) is 3.05. The second kappa shape index (κ2) is 5.40. The van der Waals surface area contributed by atoms with E-state index in [9.17, 15) is 0 Å². The maximum absolute atomic E-state index is 5.81. The van der Waals surface area contributed by atoms with Crippen LogP contribution >= 0.6 is 15.9 Å². The minimum atomic E-state index is 0.729. The lowest BCUT2D eigenvalue weighted by molar-refractivity contribution is 0.226. The first-order valence-electron chi connectivity index (χ1n) is 6.34. The first-order chi connectivity index (χ1) is 8.06. The molecule has 0 amide bonds. The largest absolute Gasteiger partial charge is 0.398 e. The standard InChI is InChI=1S/C14H21BrN2/c1-10(2)8-17(12-4-5-12)9-11-3-6-14(16)13(15)7-11/h3,6-7,10,12H,4-5,8-9,16H2,1-2H3. The Morgan fingerprint density at radius 1 is 1.41 bits per heavy atom. The lowest BCUT2D eigenvalue weighted by Gasteiger charge is -2.24. The van der Waals surface area contributed by atoms with E-state index in [1.165, 1.54) is 24.9 Å². The van der Waals surface area contributed by atoms with E-state index >= 15 is 0 Å². The third-order valence-corrected chi connectivity index (χ3v) is 3.80. The van der Waals surface area contributed by atoms with E-state index in [2.05, 4.69) is 46.8 Å². The van der Waals surface area contributed by atoms with Crippen LogP contribution in [0.2, 0.25) is 0 Å². The molecule has 94 valence electrons. The molecule has 1 aliphatic carbocycles. The van der Waals surface area contributed by atoms with E-state index < -0.39 is 0 Å². The molecule has 0 heterocycles. The van der Waals surface area contributed by atoms with Crippen molar-refractivity contribution in [3.63, 3.8) is 0 Å². The molecule has 0 aromatic heterocycles. The maximum Gasteiger partial charge on any atom is 0.0458 e. The first kappa shape index (κ1) is 12.9. The third-order valence-electron chi connectivity index (χ3n) is 3.11. The van der Waals surface area contributed by atoms with Gasteiger partial charge in [-0.25, -0.2) is 0 Å². The van der Waals surface area contributed by atoms with Crippen molar-refractivity contribution in [1.29, 1.82) is 0 Å². The highest BCUT2D eigenvalue weighted by Crippen LogP contribution is 2.30. The fraction of sp³-hybridized carbons (Fsp3) is 0.571. The van der Waals surface area contributed by atoms with Crippen LogP contribution in [0.3, 0.4) is 0 Å². The summed E-state index contributed by atoms with van der Waals surface area (Å²) in [4.78, 5) is 2.60. The van der Waals surface area contributed by atoms with Crippen molar-refractivity contribution >= 4 is 21.6 Å². The highest BCUT2D eigenvalue weighted by molar-refractivity contribution is 9.10. The predicted molar refractivity (Wildman–Crippen MR) is 76.8 cm³/mol. The second-order valence-corrected chi connectivity index (χ2v) is 6.26. The van der Waals surface area contributed by atoms with Crippen molar-refractivity contribution in [2.75, 3.05) is 12.3 Å². The molecule has 2 nitrogen and oxygen atoms in total. The summed E-state index contributed by atoms with van der Waals surface area (Å²) in [6.07, 6.45) is 2.73. The number of halogens is 1. The Morgan fingerprint density at radius 3 is 2.65 bits per heavy atom. The van der Waals surface area contributed by atoms with Crippen LogP contribution in [0.15, 0.2) is 22.7 Å². The summed E-state index contributed by atoms with van der Waals surface area (Å²) in [5.74, 6) is 0.729. The molecule has 17 heavy (non-hydrogen) atoms. The molecule has 3 heteroatoms. The Morgan fingerprint density at radius 2 is 2.12 bits per heavy atom. The maximum atomic E-state index is 5.81. The van der Waals surface area contributed by atoms with Crippen LogP contribution in [0.25, 0.3) is 0 Å². The Kier molecular flexibility index (Phi) is 4.10. The Labute approximate surface area is 112 Å². The van der Waals surface area contributed by atoms with Crippen molar-refractivity contribution in [3.8, 4) is 0 Å². The lowest BCUT2D eigenvalue weighted by atomic mass is 10.1. The van der Waals surface area contributed by atoms with Crippen molar-refractivity contribution in [3.05, 3.63) is 28.2 Å². The third kappa shape index (κ3) is 3.71. The van der Waals surface area contributed by atoms with Gasteiger partial charge >= 0.3 is 0 Å². The van der Waals surface area contributed by atoms with E-state index in [0.29, 0.717) is 0 Å². The number of hydrogen-bond acceptors (Lipinski definition) is 2. The lowest BCUT2D eigenvalue weighted by Crippen LogP contribution is -2.29. The topological polar surface area (TPSA) is 29.3 Å². The van der Waals surface area contributed by atoms with Crippen LogP contribution in [0.1, 0.15) is 32.3 Å². The van der Waals surface area contributed by atoms with Gasteiger partial charge in [0.05, 0.1) is 0 Å². The molecule has 0 bridgehead atoms. The monoisotopic (exact) mass is 296 g/mol. The number of rotatable bonds is 5. The van der Waals surface area contributed by atoms with Gasteiger partial charge in [-0.3, -0.25) is 4.90 Å². The first-order valence-corrected chi connectivity index (χ1v) is 7.13. The molecule has 1 aromatic carbocycles. The van der Waals surface area contributed by atoms with Gasteiger partial charge in [0.15, 0.2) is 0 Å². The van der Waals surface area contributed by atoms with Gasteiger partial charge in [-0.05, 0) is 52.4 Å².